The first-order chi connectivity index (χ1) is 6.11. The number of carboxylic acid groups (broad SMARTS) is 1. The van der Waals surface area contributed by atoms with E-state index in [0.29, 0.717) is 12.0 Å². The molecule has 1 aromatic rings. The highest BCUT2D eigenvalue weighted by Crippen LogP contribution is 2.22. The van der Waals surface area contributed by atoms with Gasteiger partial charge in [0.1, 0.15) is 5.75 Å². The lowest BCUT2D eigenvalue weighted by atomic mass is 10.1. The van der Waals surface area contributed by atoms with Gasteiger partial charge in [0.2, 0.25) is 0 Å². The lowest BCUT2D eigenvalue weighted by Crippen LogP contribution is -1.97. The summed E-state index contributed by atoms with van der Waals surface area (Å²) in [5.74, 6) is -0.635. The van der Waals surface area contributed by atoms with Crippen molar-refractivity contribution >= 4 is 5.97 Å². The zero-order valence-corrected chi connectivity index (χ0v) is 7.45. The molecule has 0 saturated heterocycles. The zero-order chi connectivity index (χ0) is 9.84. The van der Waals surface area contributed by atoms with Gasteiger partial charge in [-0.2, -0.15) is 0 Å². The summed E-state index contributed by atoms with van der Waals surface area (Å²) >= 11 is 0. The SMILES string of the molecule is Cc1cccc(CCC(=O)O)c1O. The van der Waals surface area contributed by atoms with Gasteiger partial charge in [0.15, 0.2) is 0 Å². The van der Waals surface area contributed by atoms with Crippen molar-refractivity contribution in [3.8, 4) is 5.75 Å². The molecule has 1 rings (SSSR count). The molecule has 0 aliphatic rings. The number of rotatable bonds is 3. The molecule has 0 aliphatic heterocycles. The van der Waals surface area contributed by atoms with E-state index in [2.05, 4.69) is 0 Å². The molecule has 0 saturated carbocycles. The second-order valence-electron chi connectivity index (χ2n) is 2.98. The minimum atomic E-state index is -0.846. The summed E-state index contributed by atoms with van der Waals surface area (Å²) in [7, 11) is 0. The van der Waals surface area contributed by atoms with Gasteiger partial charge < -0.3 is 10.2 Å². The predicted molar refractivity (Wildman–Crippen MR) is 48.8 cm³/mol. The van der Waals surface area contributed by atoms with Gasteiger partial charge in [0, 0.05) is 6.42 Å². The number of phenols is 1. The lowest BCUT2D eigenvalue weighted by Gasteiger charge is -2.04. The summed E-state index contributed by atoms with van der Waals surface area (Å²) in [6.45, 7) is 1.79. The van der Waals surface area contributed by atoms with Gasteiger partial charge in [0.05, 0.1) is 0 Å². The molecule has 0 heterocycles. The Labute approximate surface area is 76.6 Å². The van der Waals surface area contributed by atoms with Crippen LogP contribution in [-0.4, -0.2) is 16.2 Å². The van der Waals surface area contributed by atoms with Crippen molar-refractivity contribution in [2.24, 2.45) is 0 Å². The van der Waals surface area contributed by atoms with E-state index in [9.17, 15) is 9.90 Å². The summed E-state index contributed by atoms with van der Waals surface area (Å²) in [6.07, 6.45) is 0.430. The van der Waals surface area contributed by atoms with Crippen LogP contribution in [-0.2, 0) is 11.2 Å². The van der Waals surface area contributed by atoms with Crippen LogP contribution in [0.3, 0.4) is 0 Å². The standard InChI is InChI=1S/C10H12O3/c1-7-3-2-4-8(10(7)13)5-6-9(11)12/h2-4,13H,5-6H2,1H3,(H,11,12). The molecule has 0 atom stereocenters. The number of aromatic hydroxyl groups is 1. The van der Waals surface area contributed by atoms with Gasteiger partial charge in [-0.15, -0.1) is 0 Å². The fourth-order valence-corrected chi connectivity index (χ4v) is 1.16. The number of phenolic OH excluding ortho intramolecular Hbond substituents is 1. The lowest BCUT2D eigenvalue weighted by molar-refractivity contribution is -0.136. The third-order valence-corrected chi connectivity index (χ3v) is 1.93. The van der Waals surface area contributed by atoms with Crippen LogP contribution in [0, 0.1) is 6.92 Å². The molecule has 3 nitrogen and oxygen atoms in total. The van der Waals surface area contributed by atoms with Gasteiger partial charge in [-0.25, -0.2) is 0 Å². The first kappa shape index (κ1) is 9.58. The fourth-order valence-electron chi connectivity index (χ4n) is 1.16. The van der Waals surface area contributed by atoms with Crippen molar-refractivity contribution in [3.05, 3.63) is 29.3 Å². The Kier molecular flexibility index (Phi) is 2.90. The largest absolute Gasteiger partial charge is 0.507 e. The van der Waals surface area contributed by atoms with Crippen molar-refractivity contribution in [2.75, 3.05) is 0 Å². The normalized spacial score (nSPS) is 9.92. The molecular formula is C10H12O3. The van der Waals surface area contributed by atoms with Crippen LogP contribution >= 0.6 is 0 Å². The molecule has 3 heteroatoms. The Morgan fingerprint density at radius 1 is 1.46 bits per heavy atom. The van der Waals surface area contributed by atoms with Gasteiger partial charge in [-0.1, -0.05) is 18.2 Å². The number of carbonyl (C=O) groups is 1. The maximum Gasteiger partial charge on any atom is 0.303 e. The fraction of sp³-hybridized carbons (Fsp3) is 0.300. The van der Waals surface area contributed by atoms with Crippen LogP contribution < -0.4 is 0 Å². The Morgan fingerprint density at radius 3 is 2.77 bits per heavy atom. The number of hydrogen-bond acceptors (Lipinski definition) is 2. The van der Waals surface area contributed by atoms with Crippen LogP contribution in [0.5, 0.6) is 5.75 Å². The number of para-hydroxylation sites is 1. The summed E-state index contributed by atoms with van der Waals surface area (Å²) in [5, 5.41) is 18.0. The molecule has 0 spiro atoms. The number of aryl methyl sites for hydroxylation is 2. The zero-order valence-electron chi connectivity index (χ0n) is 7.45. The Balaban J connectivity index is 2.77. The molecule has 0 aromatic heterocycles. The smallest absolute Gasteiger partial charge is 0.303 e. The molecule has 70 valence electrons. The van der Waals surface area contributed by atoms with E-state index in [1.165, 1.54) is 0 Å². The van der Waals surface area contributed by atoms with Crippen molar-refractivity contribution in [1.82, 2.24) is 0 Å². The Bertz CT molecular complexity index is 318. The second kappa shape index (κ2) is 3.94. The van der Waals surface area contributed by atoms with Gasteiger partial charge in [-0.3, -0.25) is 4.79 Å². The monoisotopic (exact) mass is 180 g/mol. The van der Waals surface area contributed by atoms with E-state index in [4.69, 9.17) is 5.11 Å². The van der Waals surface area contributed by atoms with E-state index in [1.54, 1.807) is 19.1 Å². The molecule has 2 N–H and O–H groups in total. The van der Waals surface area contributed by atoms with Gasteiger partial charge >= 0.3 is 5.97 Å². The molecular weight excluding hydrogens is 168 g/mol. The summed E-state index contributed by atoms with van der Waals surface area (Å²) in [6, 6.07) is 5.34. The molecule has 0 aliphatic carbocycles. The molecule has 0 amide bonds. The Morgan fingerprint density at radius 2 is 2.15 bits per heavy atom. The van der Waals surface area contributed by atoms with Crippen LogP contribution in [0.2, 0.25) is 0 Å². The van der Waals surface area contributed by atoms with Crippen LogP contribution in [0.25, 0.3) is 0 Å². The maximum atomic E-state index is 10.3. The van der Waals surface area contributed by atoms with Crippen molar-refractivity contribution in [3.63, 3.8) is 0 Å². The van der Waals surface area contributed by atoms with Crippen LogP contribution in [0.1, 0.15) is 17.5 Å². The number of hydrogen-bond donors (Lipinski definition) is 2. The minimum Gasteiger partial charge on any atom is -0.507 e. The van der Waals surface area contributed by atoms with Crippen LogP contribution in [0.4, 0.5) is 0 Å². The molecule has 0 bridgehead atoms. The average molecular weight is 180 g/mol. The average Bonchev–Trinajstić information content (AvgIpc) is 2.07. The molecule has 0 unspecified atom stereocenters. The topological polar surface area (TPSA) is 57.5 Å². The highest BCUT2D eigenvalue weighted by Gasteiger charge is 2.05. The van der Waals surface area contributed by atoms with Crippen molar-refractivity contribution in [2.45, 2.75) is 19.8 Å². The van der Waals surface area contributed by atoms with Crippen LogP contribution in [0.15, 0.2) is 18.2 Å². The minimum absolute atomic E-state index is 0.0526. The van der Waals surface area contributed by atoms with Crippen molar-refractivity contribution < 1.29 is 15.0 Å². The van der Waals surface area contributed by atoms with Gasteiger partial charge in [-0.05, 0) is 24.5 Å². The highest BCUT2D eigenvalue weighted by molar-refractivity contribution is 5.67. The highest BCUT2D eigenvalue weighted by atomic mass is 16.4. The molecule has 1 aromatic carbocycles. The molecule has 13 heavy (non-hydrogen) atoms. The number of carboxylic acids is 1. The van der Waals surface area contributed by atoms with E-state index >= 15 is 0 Å². The summed E-state index contributed by atoms with van der Waals surface area (Å²) in [4.78, 5) is 10.3. The third kappa shape index (κ3) is 2.47. The first-order valence-electron chi connectivity index (χ1n) is 4.10. The second-order valence-corrected chi connectivity index (χ2v) is 2.98. The summed E-state index contributed by atoms with van der Waals surface area (Å²) in [5.41, 5.74) is 1.48. The molecule has 0 fully saturated rings. The predicted octanol–water partition coefficient (Wildman–Crippen LogP) is 1.72. The van der Waals surface area contributed by atoms with Crippen molar-refractivity contribution in [1.29, 1.82) is 0 Å². The third-order valence-electron chi connectivity index (χ3n) is 1.93. The van der Waals surface area contributed by atoms with E-state index in [1.807, 2.05) is 6.07 Å². The van der Waals surface area contributed by atoms with Gasteiger partial charge in [0.25, 0.3) is 0 Å². The van der Waals surface area contributed by atoms with E-state index < -0.39 is 5.97 Å². The van der Waals surface area contributed by atoms with E-state index in [-0.39, 0.29) is 12.2 Å². The quantitative estimate of drug-likeness (QED) is 0.744. The number of benzene rings is 1. The number of aliphatic carboxylic acids is 1. The first-order valence-corrected chi connectivity index (χ1v) is 4.10. The maximum absolute atomic E-state index is 10.3. The van der Waals surface area contributed by atoms with E-state index in [0.717, 1.165) is 5.56 Å². The Hall–Kier alpha value is -1.51. The summed E-state index contributed by atoms with van der Waals surface area (Å²) < 4.78 is 0. The molecule has 0 radical (unpaired) electrons.